The third-order valence-corrected chi connectivity index (χ3v) is 4.54. The molecule has 2 aromatic rings. The van der Waals surface area contributed by atoms with Crippen LogP contribution in [0.25, 0.3) is 0 Å². The van der Waals surface area contributed by atoms with Gasteiger partial charge in [0.25, 0.3) is 0 Å². The highest BCUT2D eigenvalue weighted by Crippen LogP contribution is 2.57. The average Bonchev–Trinajstić information content (AvgIpc) is 3.27. The zero-order valence-electron chi connectivity index (χ0n) is 14.9. The molecule has 0 heterocycles. The van der Waals surface area contributed by atoms with E-state index in [2.05, 4.69) is 0 Å². The van der Waals surface area contributed by atoms with Crippen molar-refractivity contribution in [3.05, 3.63) is 71.8 Å². The maximum Gasteiger partial charge on any atom is 0.306 e. The Labute approximate surface area is 149 Å². The van der Waals surface area contributed by atoms with Crippen LogP contribution in [0.3, 0.4) is 0 Å². The minimum absolute atomic E-state index is 0.00459. The Balaban J connectivity index is 1.79. The van der Waals surface area contributed by atoms with Gasteiger partial charge in [-0.1, -0.05) is 60.7 Å². The molecule has 3 rings (SSSR count). The molecule has 0 radical (unpaired) electrons. The van der Waals surface area contributed by atoms with Crippen molar-refractivity contribution in [1.29, 1.82) is 0 Å². The summed E-state index contributed by atoms with van der Waals surface area (Å²) in [4.78, 5) is 25.2. The maximum absolute atomic E-state index is 12.9. The van der Waals surface area contributed by atoms with E-state index in [4.69, 9.17) is 4.74 Å². The summed E-state index contributed by atoms with van der Waals surface area (Å²) in [5.74, 6) is -0.187. The predicted octanol–water partition coefficient (Wildman–Crippen LogP) is 4.63. The lowest BCUT2D eigenvalue weighted by atomic mass is 10.0. The average molecular weight is 336 g/mol. The van der Waals surface area contributed by atoms with Crippen molar-refractivity contribution >= 4 is 11.8 Å². The summed E-state index contributed by atoms with van der Waals surface area (Å²) in [7, 11) is 0. The molecule has 3 heteroatoms. The van der Waals surface area contributed by atoms with Gasteiger partial charge in [-0.05, 0) is 38.2 Å². The van der Waals surface area contributed by atoms with Crippen molar-refractivity contribution in [1.82, 2.24) is 0 Å². The Morgan fingerprint density at radius 1 is 0.920 bits per heavy atom. The number of ketones is 1. The molecule has 0 aromatic heterocycles. The molecule has 0 spiro atoms. The fraction of sp³-hybridized carbons (Fsp3) is 0.364. The van der Waals surface area contributed by atoms with Gasteiger partial charge >= 0.3 is 5.97 Å². The summed E-state index contributed by atoms with van der Waals surface area (Å²) in [6.07, 6.45) is 0.278. The molecular weight excluding hydrogens is 312 g/mol. The van der Waals surface area contributed by atoms with Gasteiger partial charge in [-0.15, -0.1) is 0 Å². The number of esters is 1. The highest BCUT2D eigenvalue weighted by Gasteiger charge is 2.56. The second-order valence-electron chi connectivity index (χ2n) is 7.65. The molecule has 25 heavy (non-hydrogen) atoms. The first kappa shape index (κ1) is 17.4. The second kappa shape index (κ2) is 6.83. The van der Waals surface area contributed by atoms with Crippen molar-refractivity contribution in [2.24, 2.45) is 11.8 Å². The third kappa shape index (κ3) is 4.16. The number of carbonyl (C=O) groups is 2. The van der Waals surface area contributed by atoms with Crippen molar-refractivity contribution < 1.29 is 14.3 Å². The first-order valence-corrected chi connectivity index (χ1v) is 8.73. The molecule has 0 aliphatic heterocycles. The Morgan fingerprint density at radius 3 is 2.04 bits per heavy atom. The fourth-order valence-electron chi connectivity index (χ4n) is 3.49. The van der Waals surface area contributed by atoms with Gasteiger partial charge in [0, 0.05) is 17.9 Å². The van der Waals surface area contributed by atoms with Gasteiger partial charge in [0.15, 0.2) is 5.78 Å². The number of Topliss-reactive ketones (excluding diaryl/α,β-unsaturated/α-hetero) is 1. The molecule has 0 N–H and O–H groups in total. The van der Waals surface area contributed by atoms with Crippen LogP contribution in [0.4, 0.5) is 0 Å². The normalized spacial score (nSPS) is 22.3. The summed E-state index contributed by atoms with van der Waals surface area (Å²) < 4.78 is 5.46. The number of ether oxygens (including phenoxy) is 1. The summed E-state index contributed by atoms with van der Waals surface area (Å²) in [6, 6.07) is 19.3. The van der Waals surface area contributed by atoms with E-state index >= 15 is 0 Å². The number of benzene rings is 2. The molecule has 2 aromatic carbocycles. The molecule has 1 saturated carbocycles. The van der Waals surface area contributed by atoms with E-state index in [0.717, 1.165) is 5.56 Å². The molecule has 1 fully saturated rings. The quantitative estimate of drug-likeness (QED) is 0.590. The Morgan fingerprint density at radius 2 is 1.48 bits per heavy atom. The summed E-state index contributed by atoms with van der Waals surface area (Å²) in [5, 5.41) is 0. The Kier molecular flexibility index (Phi) is 4.76. The van der Waals surface area contributed by atoms with Crippen molar-refractivity contribution in [2.45, 2.75) is 38.7 Å². The van der Waals surface area contributed by atoms with E-state index in [1.54, 1.807) is 0 Å². The SMILES string of the molecule is CC(C)(C)OC(=O)C[C@@H]1[C@@H](C(=O)c2ccccc2)[C@@H]1c1ccccc1. The van der Waals surface area contributed by atoms with Crippen LogP contribution in [0.5, 0.6) is 0 Å². The van der Waals surface area contributed by atoms with E-state index in [0.29, 0.717) is 5.56 Å². The predicted molar refractivity (Wildman–Crippen MR) is 97.4 cm³/mol. The lowest BCUT2D eigenvalue weighted by molar-refractivity contribution is -0.155. The molecule has 3 nitrogen and oxygen atoms in total. The lowest BCUT2D eigenvalue weighted by Crippen LogP contribution is -2.24. The Hall–Kier alpha value is -2.42. The number of hydrogen-bond donors (Lipinski definition) is 0. The molecule has 0 amide bonds. The van der Waals surface area contributed by atoms with Crippen LogP contribution in [-0.4, -0.2) is 17.4 Å². The highest BCUT2D eigenvalue weighted by atomic mass is 16.6. The third-order valence-electron chi connectivity index (χ3n) is 4.54. The maximum atomic E-state index is 12.9. The zero-order valence-corrected chi connectivity index (χ0v) is 14.9. The van der Waals surface area contributed by atoms with E-state index in [-0.39, 0.29) is 35.9 Å². The van der Waals surface area contributed by atoms with Crippen molar-refractivity contribution in [3.8, 4) is 0 Å². The fourth-order valence-corrected chi connectivity index (χ4v) is 3.49. The standard InChI is InChI=1S/C22H24O3/c1-22(2,3)25-18(23)14-17-19(15-10-6-4-7-11-15)20(17)21(24)16-12-8-5-9-13-16/h4-13,17,19-20H,14H2,1-3H3/t17-,19+,20+/m0/s1. The van der Waals surface area contributed by atoms with Gasteiger partial charge in [-0.25, -0.2) is 0 Å². The van der Waals surface area contributed by atoms with E-state index in [1.807, 2.05) is 81.4 Å². The van der Waals surface area contributed by atoms with Gasteiger partial charge in [0.1, 0.15) is 5.60 Å². The van der Waals surface area contributed by atoms with E-state index in [1.165, 1.54) is 0 Å². The van der Waals surface area contributed by atoms with Gasteiger partial charge in [-0.3, -0.25) is 9.59 Å². The highest BCUT2D eigenvalue weighted by molar-refractivity contribution is 6.01. The first-order chi connectivity index (χ1) is 11.9. The van der Waals surface area contributed by atoms with Gasteiger partial charge < -0.3 is 4.74 Å². The topological polar surface area (TPSA) is 43.4 Å². The molecule has 130 valence electrons. The largest absolute Gasteiger partial charge is 0.460 e. The van der Waals surface area contributed by atoms with Crippen LogP contribution < -0.4 is 0 Å². The molecule has 3 atom stereocenters. The Bertz CT molecular complexity index is 744. The smallest absolute Gasteiger partial charge is 0.306 e. The van der Waals surface area contributed by atoms with E-state index < -0.39 is 5.60 Å². The molecule has 0 saturated heterocycles. The minimum Gasteiger partial charge on any atom is -0.460 e. The van der Waals surface area contributed by atoms with Crippen LogP contribution in [0.2, 0.25) is 0 Å². The van der Waals surface area contributed by atoms with Crippen LogP contribution in [0, 0.1) is 11.8 Å². The molecule has 0 bridgehead atoms. The van der Waals surface area contributed by atoms with Gasteiger partial charge in [-0.2, -0.15) is 0 Å². The van der Waals surface area contributed by atoms with Gasteiger partial charge in [0.05, 0.1) is 0 Å². The number of hydrogen-bond acceptors (Lipinski definition) is 3. The second-order valence-corrected chi connectivity index (χ2v) is 7.65. The molecule has 0 unspecified atom stereocenters. The van der Waals surface area contributed by atoms with Crippen LogP contribution >= 0.6 is 0 Å². The number of rotatable bonds is 5. The number of carbonyl (C=O) groups excluding carboxylic acids is 2. The van der Waals surface area contributed by atoms with Crippen LogP contribution in [-0.2, 0) is 9.53 Å². The molecular formula is C22H24O3. The first-order valence-electron chi connectivity index (χ1n) is 8.73. The summed E-state index contributed by atoms with van der Waals surface area (Å²) in [6.45, 7) is 5.58. The van der Waals surface area contributed by atoms with Gasteiger partial charge in [0.2, 0.25) is 0 Å². The van der Waals surface area contributed by atoms with Crippen LogP contribution in [0.15, 0.2) is 60.7 Å². The van der Waals surface area contributed by atoms with E-state index in [9.17, 15) is 9.59 Å². The van der Waals surface area contributed by atoms with Crippen molar-refractivity contribution in [2.75, 3.05) is 0 Å². The lowest BCUT2D eigenvalue weighted by Gasteiger charge is -2.19. The summed E-state index contributed by atoms with van der Waals surface area (Å²) in [5.41, 5.74) is 1.32. The van der Waals surface area contributed by atoms with Crippen LogP contribution in [0.1, 0.15) is 49.0 Å². The minimum atomic E-state index is -0.507. The zero-order chi connectivity index (χ0) is 18.0. The molecule has 1 aliphatic rings. The van der Waals surface area contributed by atoms with Crippen molar-refractivity contribution in [3.63, 3.8) is 0 Å². The monoisotopic (exact) mass is 336 g/mol. The summed E-state index contributed by atoms with van der Waals surface area (Å²) >= 11 is 0. The molecule has 1 aliphatic carbocycles.